The fraction of sp³-hybridized carbons (Fsp3) is 0.273. The summed E-state index contributed by atoms with van der Waals surface area (Å²) in [5, 5.41) is 4.77. The predicted molar refractivity (Wildman–Crippen MR) is 105 cm³/mol. The number of nitrogens with one attached hydrogen (secondary N) is 1. The van der Waals surface area contributed by atoms with E-state index in [0.717, 1.165) is 41.0 Å². The smallest absolute Gasteiger partial charge is 0.157 e. The third-order valence-electron chi connectivity index (χ3n) is 5.68. The Morgan fingerprint density at radius 3 is 2.78 bits per heavy atom. The van der Waals surface area contributed by atoms with Gasteiger partial charge in [0.2, 0.25) is 0 Å². The average Bonchev–Trinajstić information content (AvgIpc) is 3.27. The summed E-state index contributed by atoms with van der Waals surface area (Å²) in [7, 11) is 1.97. The van der Waals surface area contributed by atoms with Crippen LogP contribution in [0.15, 0.2) is 42.5 Å². The van der Waals surface area contributed by atoms with Crippen LogP contribution in [0.2, 0.25) is 0 Å². The van der Waals surface area contributed by atoms with Gasteiger partial charge in [0, 0.05) is 23.6 Å². The normalized spacial score (nSPS) is 15.4. The molecule has 2 aromatic heterocycles. The lowest BCUT2D eigenvalue weighted by molar-refractivity contribution is 0.494. The number of rotatable bonds is 2. The van der Waals surface area contributed by atoms with Crippen LogP contribution in [-0.2, 0) is 18.9 Å². The molecular weight excluding hydrogens is 339 g/mol. The highest BCUT2D eigenvalue weighted by molar-refractivity contribution is 5.84. The van der Waals surface area contributed by atoms with E-state index in [4.69, 9.17) is 10.1 Å². The van der Waals surface area contributed by atoms with Crippen molar-refractivity contribution in [3.8, 4) is 22.6 Å². The second-order valence-electron chi connectivity index (χ2n) is 7.98. The minimum atomic E-state index is -0.219. The number of hydrogen-bond acceptors (Lipinski definition) is 2. The van der Waals surface area contributed by atoms with E-state index >= 15 is 0 Å². The number of aryl methyl sites for hydroxylation is 1. The standard InChI is InChI=1S/C22H21FN4/c1-22(2)11-10-15-19(27(3)26-20(15)22)21-24-17-9-8-13(12-18(17)25-21)14-6-4-5-7-16(14)23/h4-9,12H,10-11H2,1-3H3,(H,24,25). The van der Waals surface area contributed by atoms with E-state index in [2.05, 4.69) is 18.8 Å². The molecule has 0 saturated heterocycles. The van der Waals surface area contributed by atoms with Crippen molar-refractivity contribution in [2.24, 2.45) is 7.05 Å². The van der Waals surface area contributed by atoms with Crippen LogP contribution in [0, 0.1) is 5.82 Å². The third kappa shape index (κ3) is 2.41. The Labute approximate surface area is 157 Å². The zero-order valence-corrected chi connectivity index (χ0v) is 15.7. The van der Waals surface area contributed by atoms with Gasteiger partial charge in [-0.2, -0.15) is 5.10 Å². The molecule has 0 fully saturated rings. The van der Waals surface area contributed by atoms with Gasteiger partial charge in [-0.1, -0.05) is 38.1 Å². The number of halogens is 1. The van der Waals surface area contributed by atoms with E-state index in [9.17, 15) is 4.39 Å². The number of hydrogen-bond donors (Lipinski definition) is 1. The summed E-state index contributed by atoms with van der Waals surface area (Å²) in [6, 6.07) is 12.7. The van der Waals surface area contributed by atoms with Crippen LogP contribution in [0.5, 0.6) is 0 Å². The lowest BCUT2D eigenvalue weighted by Gasteiger charge is -2.15. The third-order valence-corrected chi connectivity index (χ3v) is 5.68. The molecule has 1 N–H and O–H groups in total. The van der Waals surface area contributed by atoms with Gasteiger partial charge in [-0.05, 0) is 36.6 Å². The fourth-order valence-corrected chi connectivity index (χ4v) is 4.19. The lowest BCUT2D eigenvalue weighted by Crippen LogP contribution is -2.14. The van der Waals surface area contributed by atoms with Crippen LogP contribution in [-0.4, -0.2) is 19.7 Å². The molecule has 0 spiro atoms. The predicted octanol–water partition coefficient (Wildman–Crippen LogP) is 4.99. The molecular formula is C22H21FN4. The summed E-state index contributed by atoms with van der Waals surface area (Å²) < 4.78 is 16.1. The van der Waals surface area contributed by atoms with Crippen molar-refractivity contribution in [1.82, 2.24) is 19.7 Å². The van der Waals surface area contributed by atoms with Gasteiger partial charge in [0.15, 0.2) is 5.82 Å². The molecule has 1 aliphatic rings. The van der Waals surface area contributed by atoms with Crippen LogP contribution in [0.3, 0.4) is 0 Å². The van der Waals surface area contributed by atoms with Crippen molar-refractivity contribution < 1.29 is 4.39 Å². The first-order chi connectivity index (χ1) is 12.9. The molecule has 4 aromatic rings. The Hall–Kier alpha value is -2.95. The van der Waals surface area contributed by atoms with Crippen LogP contribution in [0.1, 0.15) is 31.5 Å². The molecule has 0 atom stereocenters. The molecule has 0 saturated carbocycles. The van der Waals surface area contributed by atoms with Gasteiger partial charge in [-0.3, -0.25) is 4.68 Å². The second-order valence-corrected chi connectivity index (χ2v) is 7.98. The Bertz CT molecular complexity index is 1180. The zero-order chi connectivity index (χ0) is 18.8. The van der Waals surface area contributed by atoms with Gasteiger partial charge >= 0.3 is 0 Å². The molecule has 2 aromatic carbocycles. The summed E-state index contributed by atoms with van der Waals surface area (Å²) in [6.45, 7) is 4.49. The van der Waals surface area contributed by atoms with Gasteiger partial charge in [-0.25, -0.2) is 9.37 Å². The van der Waals surface area contributed by atoms with Crippen molar-refractivity contribution >= 4 is 11.0 Å². The topological polar surface area (TPSA) is 46.5 Å². The number of benzene rings is 2. The highest BCUT2D eigenvalue weighted by Gasteiger charge is 2.36. The van der Waals surface area contributed by atoms with Crippen molar-refractivity contribution in [2.75, 3.05) is 0 Å². The van der Waals surface area contributed by atoms with Crippen LogP contribution in [0.25, 0.3) is 33.7 Å². The highest BCUT2D eigenvalue weighted by Crippen LogP contribution is 2.41. The molecule has 0 amide bonds. The summed E-state index contributed by atoms with van der Waals surface area (Å²) in [5.41, 5.74) is 6.83. The quantitative estimate of drug-likeness (QED) is 0.547. The largest absolute Gasteiger partial charge is 0.337 e. The van der Waals surface area contributed by atoms with E-state index in [1.54, 1.807) is 12.1 Å². The van der Waals surface area contributed by atoms with Crippen molar-refractivity contribution in [1.29, 1.82) is 0 Å². The van der Waals surface area contributed by atoms with Crippen molar-refractivity contribution in [2.45, 2.75) is 32.1 Å². The maximum Gasteiger partial charge on any atom is 0.157 e. The zero-order valence-electron chi connectivity index (χ0n) is 15.7. The SMILES string of the molecule is Cn1nc2c(c1-c1nc3ccc(-c4ccccc4F)cc3[nH]1)CCC2(C)C. The van der Waals surface area contributed by atoms with Gasteiger partial charge in [-0.15, -0.1) is 0 Å². The molecule has 27 heavy (non-hydrogen) atoms. The maximum absolute atomic E-state index is 14.1. The minimum Gasteiger partial charge on any atom is -0.337 e. The molecule has 0 bridgehead atoms. The number of aromatic nitrogens is 4. The Kier molecular flexibility index (Phi) is 3.32. The number of H-pyrrole nitrogens is 1. The molecule has 0 aliphatic heterocycles. The average molecular weight is 360 g/mol. The monoisotopic (exact) mass is 360 g/mol. The molecule has 0 unspecified atom stereocenters. The van der Waals surface area contributed by atoms with Crippen molar-refractivity contribution in [3.05, 3.63) is 59.5 Å². The van der Waals surface area contributed by atoms with E-state index in [-0.39, 0.29) is 11.2 Å². The molecule has 0 radical (unpaired) electrons. The molecule has 2 heterocycles. The Morgan fingerprint density at radius 1 is 1.15 bits per heavy atom. The van der Waals surface area contributed by atoms with E-state index in [0.29, 0.717) is 5.56 Å². The van der Waals surface area contributed by atoms with Crippen molar-refractivity contribution in [3.63, 3.8) is 0 Å². The van der Waals surface area contributed by atoms with E-state index < -0.39 is 0 Å². The summed E-state index contributed by atoms with van der Waals surface area (Å²) in [4.78, 5) is 8.22. The van der Waals surface area contributed by atoms with E-state index in [1.807, 2.05) is 36.0 Å². The Morgan fingerprint density at radius 2 is 1.96 bits per heavy atom. The summed E-state index contributed by atoms with van der Waals surface area (Å²) in [5.74, 6) is 0.605. The summed E-state index contributed by atoms with van der Waals surface area (Å²) >= 11 is 0. The van der Waals surface area contributed by atoms with Gasteiger partial charge in [0.25, 0.3) is 0 Å². The first kappa shape index (κ1) is 16.2. The van der Waals surface area contributed by atoms with Crippen LogP contribution < -0.4 is 0 Å². The fourth-order valence-electron chi connectivity index (χ4n) is 4.19. The number of fused-ring (bicyclic) bond motifs is 2. The number of nitrogens with zero attached hydrogens (tertiary/aromatic N) is 3. The lowest BCUT2D eigenvalue weighted by atomic mass is 9.91. The van der Waals surface area contributed by atoms with Gasteiger partial charge in [0.1, 0.15) is 11.5 Å². The number of imidazole rings is 1. The maximum atomic E-state index is 14.1. The van der Waals surface area contributed by atoms with Crippen LogP contribution in [0.4, 0.5) is 4.39 Å². The summed E-state index contributed by atoms with van der Waals surface area (Å²) in [6.07, 6.45) is 2.12. The molecule has 136 valence electrons. The second kappa shape index (κ2) is 5.52. The van der Waals surface area contributed by atoms with E-state index in [1.165, 1.54) is 17.3 Å². The highest BCUT2D eigenvalue weighted by atomic mass is 19.1. The molecule has 4 nitrogen and oxygen atoms in total. The van der Waals surface area contributed by atoms with Crippen LogP contribution >= 0.6 is 0 Å². The minimum absolute atomic E-state index is 0.107. The Balaban J connectivity index is 1.64. The number of aromatic amines is 1. The van der Waals surface area contributed by atoms with Gasteiger partial charge in [0.05, 0.1) is 16.7 Å². The first-order valence-corrected chi connectivity index (χ1v) is 9.25. The first-order valence-electron chi connectivity index (χ1n) is 9.25. The molecule has 5 heteroatoms. The molecule has 5 rings (SSSR count). The van der Waals surface area contributed by atoms with Gasteiger partial charge < -0.3 is 4.98 Å². The molecule has 1 aliphatic carbocycles.